The van der Waals surface area contributed by atoms with Crippen LogP contribution in [0.3, 0.4) is 0 Å². The standard InChI is InChI=1S/C24H30N2O5/c1-16(2)21(26-24(29)31-15-18-11-6-5-7-12-18)22(27)25-20(23(28)30-4)14-19-13-9-8-10-17(19)3/h5-13,16,20-21H,14-15H2,1-4H3,(H,25,27)(H,26,29)/t20-,21+/m1/s1. The average Bonchev–Trinajstić information content (AvgIpc) is 2.76. The minimum atomic E-state index is -0.873. The summed E-state index contributed by atoms with van der Waals surface area (Å²) < 4.78 is 10.1. The maximum atomic E-state index is 12.9. The van der Waals surface area contributed by atoms with Crippen LogP contribution < -0.4 is 10.6 Å². The van der Waals surface area contributed by atoms with Crippen molar-refractivity contribution in [3.63, 3.8) is 0 Å². The molecule has 2 aromatic carbocycles. The summed E-state index contributed by atoms with van der Waals surface area (Å²) in [6.45, 7) is 5.64. The third kappa shape index (κ3) is 7.44. The number of nitrogens with one attached hydrogen (secondary N) is 2. The summed E-state index contributed by atoms with van der Waals surface area (Å²) in [5.41, 5.74) is 2.77. The Hall–Kier alpha value is -3.35. The van der Waals surface area contributed by atoms with E-state index < -0.39 is 30.1 Å². The zero-order valence-corrected chi connectivity index (χ0v) is 18.4. The van der Waals surface area contributed by atoms with Gasteiger partial charge in [-0.25, -0.2) is 9.59 Å². The van der Waals surface area contributed by atoms with Gasteiger partial charge in [-0.05, 0) is 29.5 Å². The number of esters is 1. The number of hydrogen-bond donors (Lipinski definition) is 2. The highest BCUT2D eigenvalue weighted by atomic mass is 16.5. The summed E-state index contributed by atoms with van der Waals surface area (Å²) in [5, 5.41) is 5.32. The van der Waals surface area contributed by atoms with Crippen LogP contribution in [0.4, 0.5) is 4.79 Å². The molecule has 7 heteroatoms. The molecule has 166 valence electrons. The van der Waals surface area contributed by atoms with E-state index in [9.17, 15) is 14.4 Å². The van der Waals surface area contributed by atoms with E-state index in [-0.39, 0.29) is 18.9 Å². The normalized spacial score (nSPS) is 12.5. The van der Waals surface area contributed by atoms with E-state index in [2.05, 4.69) is 10.6 Å². The number of methoxy groups -OCH3 is 1. The molecular formula is C24H30N2O5. The number of rotatable bonds is 9. The minimum absolute atomic E-state index is 0.0944. The number of carbonyl (C=O) groups is 3. The van der Waals surface area contributed by atoms with Crippen molar-refractivity contribution in [2.45, 2.75) is 45.9 Å². The molecule has 0 saturated carbocycles. The predicted octanol–water partition coefficient (Wildman–Crippen LogP) is 3.15. The molecule has 0 heterocycles. The van der Waals surface area contributed by atoms with Crippen molar-refractivity contribution in [2.24, 2.45) is 5.92 Å². The molecule has 0 bridgehead atoms. The van der Waals surface area contributed by atoms with Gasteiger partial charge in [0, 0.05) is 6.42 Å². The number of hydrogen-bond acceptors (Lipinski definition) is 5. The van der Waals surface area contributed by atoms with Crippen LogP contribution in [0.5, 0.6) is 0 Å². The monoisotopic (exact) mass is 426 g/mol. The van der Waals surface area contributed by atoms with Crippen LogP contribution in [0.15, 0.2) is 54.6 Å². The Balaban J connectivity index is 2.03. The Kier molecular flexibility index (Phi) is 9.06. The second-order valence-electron chi connectivity index (χ2n) is 7.64. The molecule has 0 fully saturated rings. The van der Waals surface area contributed by atoms with Gasteiger partial charge in [0.2, 0.25) is 5.91 Å². The molecule has 31 heavy (non-hydrogen) atoms. The fourth-order valence-electron chi connectivity index (χ4n) is 3.08. The largest absolute Gasteiger partial charge is 0.467 e. The van der Waals surface area contributed by atoms with Gasteiger partial charge in [-0.1, -0.05) is 68.4 Å². The smallest absolute Gasteiger partial charge is 0.408 e. The first-order valence-corrected chi connectivity index (χ1v) is 10.2. The first-order valence-electron chi connectivity index (χ1n) is 10.2. The molecule has 0 unspecified atom stereocenters. The van der Waals surface area contributed by atoms with Crippen LogP contribution in [0.2, 0.25) is 0 Å². The number of carbonyl (C=O) groups excluding carboxylic acids is 3. The molecule has 0 saturated heterocycles. The van der Waals surface area contributed by atoms with Crippen molar-refractivity contribution in [1.82, 2.24) is 10.6 Å². The second kappa shape index (κ2) is 11.7. The number of alkyl carbamates (subject to hydrolysis) is 1. The van der Waals surface area contributed by atoms with Crippen molar-refractivity contribution in [3.8, 4) is 0 Å². The lowest BCUT2D eigenvalue weighted by Gasteiger charge is -2.24. The van der Waals surface area contributed by atoms with Crippen molar-refractivity contribution in [1.29, 1.82) is 0 Å². The van der Waals surface area contributed by atoms with E-state index in [1.807, 2.05) is 61.5 Å². The molecule has 0 aliphatic rings. The highest BCUT2D eigenvalue weighted by molar-refractivity contribution is 5.90. The molecule has 2 aromatic rings. The van der Waals surface area contributed by atoms with Gasteiger partial charge in [0.25, 0.3) is 0 Å². The van der Waals surface area contributed by atoms with Crippen LogP contribution in [0.1, 0.15) is 30.5 Å². The van der Waals surface area contributed by atoms with Gasteiger partial charge in [0.1, 0.15) is 18.7 Å². The molecule has 2 rings (SSSR count). The summed E-state index contributed by atoms with van der Waals surface area (Å²) in [6, 6.07) is 15.1. The van der Waals surface area contributed by atoms with E-state index in [4.69, 9.17) is 9.47 Å². The van der Waals surface area contributed by atoms with E-state index in [1.165, 1.54) is 7.11 Å². The van der Waals surface area contributed by atoms with E-state index in [0.29, 0.717) is 0 Å². The maximum absolute atomic E-state index is 12.9. The van der Waals surface area contributed by atoms with Gasteiger partial charge in [-0.15, -0.1) is 0 Å². The maximum Gasteiger partial charge on any atom is 0.408 e. The predicted molar refractivity (Wildman–Crippen MR) is 117 cm³/mol. The molecular weight excluding hydrogens is 396 g/mol. The van der Waals surface area contributed by atoms with Crippen molar-refractivity contribution in [3.05, 3.63) is 71.3 Å². The van der Waals surface area contributed by atoms with Crippen LogP contribution in [0.25, 0.3) is 0 Å². The van der Waals surface area contributed by atoms with Crippen molar-refractivity contribution in [2.75, 3.05) is 7.11 Å². The van der Waals surface area contributed by atoms with Crippen molar-refractivity contribution < 1.29 is 23.9 Å². The zero-order valence-electron chi connectivity index (χ0n) is 18.4. The molecule has 0 aliphatic carbocycles. The third-order valence-corrected chi connectivity index (χ3v) is 4.92. The van der Waals surface area contributed by atoms with Crippen LogP contribution >= 0.6 is 0 Å². The SMILES string of the molecule is COC(=O)[C@@H](Cc1ccccc1C)NC(=O)[C@@H](NC(=O)OCc1ccccc1)C(C)C. The molecule has 2 N–H and O–H groups in total. The number of benzene rings is 2. The topological polar surface area (TPSA) is 93.7 Å². The quantitative estimate of drug-likeness (QED) is 0.601. The second-order valence-corrected chi connectivity index (χ2v) is 7.64. The minimum Gasteiger partial charge on any atom is -0.467 e. The zero-order chi connectivity index (χ0) is 22.8. The van der Waals surface area contributed by atoms with Crippen LogP contribution in [-0.4, -0.2) is 37.2 Å². The van der Waals surface area contributed by atoms with Crippen LogP contribution in [0, 0.1) is 12.8 Å². The first-order chi connectivity index (χ1) is 14.8. The number of amides is 2. The fraction of sp³-hybridized carbons (Fsp3) is 0.375. The Morgan fingerprint density at radius 2 is 1.58 bits per heavy atom. The number of aryl methyl sites for hydroxylation is 1. The molecule has 0 spiro atoms. The van der Waals surface area contributed by atoms with Gasteiger partial charge in [-0.3, -0.25) is 4.79 Å². The Bertz CT molecular complexity index is 883. The summed E-state index contributed by atoms with van der Waals surface area (Å²) in [4.78, 5) is 37.4. The molecule has 0 aliphatic heterocycles. The van der Waals surface area contributed by atoms with Gasteiger partial charge < -0.3 is 20.1 Å². The summed E-state index contributed by atoms with van der Waals surface area (Å²) in [6.07, 6.45) is -0.417. The lowest BCUT2D eigenvalue weighted by molar-refractivity contribution is -0.145. The van der Waals surface area contributed by atoms with Gasteiger partial charge in [-0.2, -0.15) is 0 Å². The first kappa shape index (κ1) is 23.9. The Morgan fingerprint density at radius 1 is 0.935 bits per heavy atom. The van der Waals surface area contributed by atoms with Crippen molar-refractivity contribution >= 4 is 18.0 Å². The highest BCUT2D eigenvalue weighted by Crippen LogP contribution is 2.12. The van der Waals surface area contributed by atoms with Gasteiger partial charge >= 0.3 is 12.1 Å². The highest BCUT2D eigenvalue weighted by Gasteiger charge is 2.30. The van der Waals surface area contributed by atoms with Crippen LogP contribution in [-0.2, 0) is 32.1 Å². The lowest BCUT2D eigenvalue weighted by Crippen LogP contribution is -2.54. The Labute approximate surface area is 183 Å². The summed E-state index contributed by atoms with van der Waals surface area (Å²) >= 11 is 0. The number of ether oxygens (including phenoxy) is 2. The molecule has 2 amide bonds. The van der Waals surface area contributed by atoms with Gasteiger partial charge in [0.15, 0.2) is 0 Å². The third-order valence-electron chi connectivity index (χ3n) is 4.92. The molecule has 7 nitrogen and oxygen atoms in total. The van der Waals surface area contributed by atoms with Gasteiger partial charge in [0.05, 0.1) is 7.11 Å². The summed E-state index contributed by atoms with van der Waals surface area (Å²) in [5.74, 6) is -1.25. The lowest BCUT2D eigenvalue weighted by atomic mass is 9.99. The fourth-order valence-corrected chi connectivity index (χ4v) is 3.08. The van der Waals surface area contributed by atoms with E-state index >= 15 is 0 Å². The average molecular weight is 427 g/mol. The Morgan fingerprint density at radius 3 is 2.19 bits per heavy atom. The van der Waals surface area contributed by atoms with E-state index in [0.717, 1.165) is 16.7 Å². The molecule has 2 atom stereocenters. The molecule has 0 radical (unpaired) electrons. The van der Waals surface area contributed by atoms with E-state index in [1.54, 1.807) is 13.8 Å². The molecule has 0 aromatic heterocycles. The summed E-state index contributed by atoms with van der Waals surface area (Å²) in [7, 11) is 1.28.